The second-order valence-corrected chi connectivity index (χ2v) is 3.03. The molecule has 0 aliphatic carbocycles. The summed E-state index contributed by atoms with van der Waals surface area (Å²) in [4.78, 5) is 9.47. The summed E-state index contributed by atoms with van der Waals surface area (Å²) < 4.78 is 4.91. The normalized spacial score (nSPS) is 19.3. The summed E-state index contributed by atoms with van der Waals surface area (Å²) in [5.41, 5.74) is 0. The van der Waals surface area contributed by atoms with Gasteiger partial charge in [0.05, 0.1) is 6.61 Å². The van der Waals surface area contributed by atoms with Gasteiger partial charge in [0.15, 0.2) is 0 Å². The molecule has 1 rings (SSSR count). The monoisotopic (exact) mass is 174 g/mol. The zero-order valence-corrected chi connectivity index (χ0v) is 6.99. The minimum absolute atomic E-state index is 0.357. The van der Waals surface area contributed by atoms with E-state index in [9.17, 15) is 10.1 Å². The highest BCUT2D eigenvalue weighted by molar-refractivity contribution is 4.67. The van der Waals surface area contributed by atoms with E-state index in [0.29, 0.717) is 12.5 Å². The lowest BCUT2D eigenvalue weighted by Gasteiger charge is -2.21. The highest BCUT2D eigenvalue weighted by atomic mass is 16.7. The predicted molar refractivity (Wildman–Crippen MR) is 43.4 cm³/mol. The van der Waals surface area contributed by atoms with Crippen molar-refractivity contribution >= 4 is 0 Å². The molecule has 0 unspecified atom stereocenters. The standard InChI is InChI=1S/C7H14N2O3/c10-9(11)6-12-5-7-1-3-8-4-2-7/h7-8H,1-6H2. The second-order valence-electron chi connectivity index (χ2n) is 3.03. The number of hydrogen-bond donors (Lipinski definition) is 1. The van der Waals surface area contributed by atoms with E-state index in [4.69, 9.17) is 4.74 Å². The van der Waals surface area contributed by atoms with Gasteiger partial charge in [0.1, 0.15) is 0 Å². The number of nitrogens with zero attached hydrogens (tertiary/aromatic N) is 1. The van der Waals surface area contributed by atoms with Gasteiger partial charge < -0.3 is 10.1 Å². The van der Waals surface area contributed by atoms with Crippen LogP contribution in [0, 0.1) is 16.0 Å². The summed E-state index contributed by atoms with van der Waals surface area (Å²) in [6.07, 6.45) is 2.13. The summed E-state index contributed by atoms with van der Waals surface area (Å²) in [6, 6.07) is 0. The van der Waals surface area contributed by atoms with Crippen molar-refractivity contribution in [2.45, 2.75) is 12.8 Å². The number of piperidine rings is 1. The molecule has 0 atom stereocenters. The first-order valence-corrected chi connectivity index (χ1v) is 4.19. The number of nitro groups is 1. The Morgan fingerprint density at radius 2 is 2.17 bits per heavy atom. The Labute approximate surface area is 71.2 Å². The van der Waals surface area contributed by atoms with Crippen LogP contribution in [0.3, 0.4) is 0 Å². The lowest BCUT2D eigenvalue weighted by molar-refractivity contribution is -0.527. The van der Waals surface area contributed by atoms with Gasteiger partial charge >= 0.3 is 6.73 Å². The molecule has 0 aromatic heterocycles. The molecular formula is C7H14N2O3. The minimum atomic E-state index is -0.443. The van der Waals surface area contributed by atoms with Gasteiger partial charge in [-0.3, -0.25) is 10.1 Å². The third kappa shape index (κ3) is 3.64. The molecule has 70 valence electrons. The fourth-order valence-electron chi connectivity index (χ4n) is 1.34. The first-order chi connectivity index (χ1) is 5.79. The molecule has 0 spiro atoms. The Balaban J connectivity index is 2.01. The SMILES string of the molecule is O=[N+]([O-])COCC1CCNCC1. The molecule has 1 fully saturated rings. The average molecular weight is 174 g/mol. The number of rotatable bonds is 4. The van der Waals surface area contributed by atoms with Crippen LogP contribution in [0.2, 0.25) is 0 Å². The Morgan fingerprint density at radius 3 is 2.75 bits per heavy atom. The van der Waals surface area contributed by atoms with Crippen LogP contribution in [-0.4, -0.2) is 31.4 Å². The number of nitrogens with one attached hydrogen (secondary N) is 1. The molecule has 1 N–H and O–H groups in total. The first kappa shape index (κ1) is 9.41. The van der Waals surface area contributed by atoms with Crippen LogP contribution in [0.5, 0.6) is 0 Å². The van der Waals surface area contributed by atoms with Crippen LogP contribution < -0.4 is 5.32 Å². The van der Waals surface area contributed by atoms with E-state index < -0.39 is 4.92 Å². The molecule has 0 aromatic carbocycles. The summed E-state index contributed by atoms with van der Waals surface area (Å²) in [5, 5.41) is 13.1. The van der Waals surface area contributed by atoms with Crippen LogP contribution in [0.1, 0.15) is 12.8 Å². The fraction of sp³-hybridized carbons (Fsp3) is 1.00. The number of hydrogen-bond acceptors (Lipinski definition) is 4. The lowest BCUT2D eigenvalue weighted by Crippen LogP contribution is -2.30. The largest absolute Gasteiger partial charge is 0.319 e. The molecular weight excluding hydrogens is 160 g/mol. The smallest absolute Gasteiger partial charge is 0.306 e. The predicted octanol–water partition coefficient (Wildman–Crippen LogP) is 0.237. The minimum Gasteiger partial charge on any atom is -0.319 e. The molecule has 0 amide bonds. The van der Waals surface area contributed by atoms with Gasteiger partial charge in [-0.2, -0.15) is 0 Å². The zero-order valence-electron chi connectivity index (χ0n) is 6.99. The van der Waals surface area contributed by atoms with E-state index in [1.165, 1.54) is 0 Å². The van der Waals surface area contributed by atoms with Gasteiger partial charge in [0.25, 0.3) is 0 Å². The van der Waals surface area contributed by atoms with Gasteiger partial charge in [-0.05, 0) is 31.8 Å². The molecule has 0 saturated carbocycles. The maximum Gasteiger partial charge on any atom is 0.306 e. The van der Waals surface area contributed by atoms with Gasteiger partial charge in [0, 0.05) is 4.92 Å². The lowest BCUT2D eigenvalue weighted by atomic mass is 9.99. The molecule has 0 aromatic rings. The topological polar surface area (TPSA) is 64.4 Å². The zero-order chi connectivity index (χ0) is 8.81. The van der Waals surface area contributed by atoms with Crippen LogP contribution >= 0.6 is 0 Å². The van der Waals surface area contributed by atoms with Crippen molar-refractivity contribution in [1.29, 1.82) is 0 Å². The number of ether oxygens (including phenoxy) is 1. The van der Waals surface area contributed by atoms with E-state index in [1.807, 2.05) is 0 Å². The summed E-state index contributed by atoms with van der Waals surface area (Å²) in [6.45, 7) is 2.19. The molecule has 12 heavy (non-hydrogen) atoms. The quantitative estimate of drug-likeness (QED) is 0.376. The Hall–Kier alpha value is -0.680. The van der Waals surface area contributed by atoms with Crippen molar-refractivity contribution in [1.82, 2.24) is 5.32 Å². The molecule has 1 saturated heterocycles. The van der Waals surface area contributed by atoms with Crippen molar-refractivity contribution in [2.75, 3.05) is 26.4 Å². The molecule has 1 aliphatic heterocycles. The van der Waals surface area contributed by atoms with Gasteiger partial charge in [0.2, 0.25) is 0 Å². The van der Waals surface area contributed by atoms with Gasteiger partial charge in [-0.1, -0.05) is 0 Å². The van der Waals surface area contributed by atoms with Crippen molar-refractivity contribution in [2.24, 2.45) is 5.92 Å². The molecule has 1 aliphatic rings. The summed E-state index contributed by atoms with van der Waals surface area (Å²) in [7, 11) is 0. The van der Waals surface area contributed by atoms with Crippen molar-refractivity contribution in [3.63, 3.8) is 0 Å². The van der Waals surface area contributed by atoms with Crippen LogP contribution in [0.25, 0.3) is 0 Å². The van der Waals surface area contributed by atoms with E-state index in [1.54, 1.807) is 0 Å². The van der Waals surface area contributed by atoms with Crippen molar-refractivity contribution < 1.29 is 9.66 Å². The van der Waals surface area contributed by atoms with Crippen LogP contribution in [0.15, 0.2) is 0 Å². The maximum absolute atomic E-state index is 9.91. The maximum atomic E-state index is 9.91. The Kier molecular flexibility index (Phi) is 3.96. The molecule has 0 radical (unpaired) electrons. The van der Waals surface area contributed by atoms with Crippen molar-refractivity contribution in [3.05, 3.63) is 10.1 Å². The molecule has 5 nitrogen and oxygen atoms in total. The third-order valence-corrected chi connectivity index (χ3v) is 2.01. The highest BCUT2D eigenvalue weighted by Gasteiger charge is 2.13. The third-order valence-electron chi connectivity index (χ3n) is 2.01. The Morgan fingerprint density at radius 1 is 1.50 bits per heavy atom. The second kappa shape index (κ2) is 5.05. The van der Waals surface area contributed by atoms with E-state index in [2.05, 4.69) is 5.32 Å². The molecule has 0 bridgehead atoms. The van der Waals surface area contributed by atoms with Crippen LogP contribution in [0.4, 0.5) is 0 Å². The van der Waals surface area contributed by atoms with Crippen LogP contribution in [-0.2, 0) is 4.74 Å². The van der Waals surface area contributed by atoms with E-state index >= 15 is 0 Å². The highest BCUT2D eigenvalue weighted by Crippen LogP contribution is 2.11. The summed E-state index contributed by atoms with van der Waals surface area (Å²) >= 11 is 0. The van der Waals surface area contributed by atoms with Gasteiger partial charge in [-0.15, -0.1) is 0 Å². The van der Waals surface area contributed by atoms with Gasteiger partial charge in [-0.25, -0.2) is 0 Å². The Bertz CT molecular complexity index is 146. The van der Waals surface area contributed by atoms with Crippen molar-refractivity contribution in [3.8, 4) is 0 Å². The fourth-order valence-corrected chi connectivity index (χ4v) is 1.34. The summed E-state index contributed by atoms with van der Waals surface area (Å²) in [5.74, 6) is 0.506. The molecule has 1 heterocycles. The first-order valence-electron chi connectivity index (χ1n) is 4.19. The average Bonchev–Trinajstić information content (AvgIpc) is 2.05. The molecule has 5 heteroatoms. The van der Waals surface area contributed by atoms with E-state index in [0.717, 1.165) is 25.9 Å². The van der Waals surface area contributed by atoms with E-state index in [-0.39, 0.29) is 6.73 Å².